The smallest absolute Gasteiger partial charge is 0.192 e. The molecular weight excluding hydrogens is 312 g/mol. The van der Waals surface area contributed by atoms with Gasteiger partial charge in [-0.25, -0.2) is 0 Å². The molecule has 0 unspecified atom stereocenters. The summed E-state index contributed by atoms with van der Waals surface area (Å²) >= 11 is 6.05. The standard InChI is InChI=1S/C18H29ClO2Si/c1-13-9-14(7-8-17(13)19)12-20-15-10-16(11-15)21-22(5,6)18(2,3)4/h7-9,15-16H,10-12H2,1-6H3/t15-,16+. The highest BCUT2D eigenvalue weighted by atomic mass is 35.5. The molecule has 22 heavy (non-hydrogen) atoms. The van der Waals surface area contributed by atoms with Crippen molar-refractivity contribution in [1.29, 1.82) is 0 Å². The summed E-state index contributed by atoms with van der Waals surface area (Å²) in [6, 6.07) is 6.09. The van der Waals surface area contributed by atoms with Crippen LogP contribution in [0.2, 0.25) is 23.2 Å². The maximum absolute atomic E-state index is 6.40. The molecule has 1 aromatic rings. The predicted molar refractivity (Wildman–Crippen MR) is 96.1 cm³/mol. The molecule has 4 heteroatoms. The summed E-state index contributed by atoms with van der Waals surface area (Å²) in [4.78, 5) is 0. The van der Waals surface area contributed by atoms with Crippen LogP contribution in [0.25, 0.3) is 0 Å². The van der Waals surface area contributed by atoms with Gasteiger partial charge in [0.2, 0.25) is 0 Å². The van der Waals surface area contributed by atoms with Crippen molar-refractivity contribution in [3.05, 3.63) is 34.3 Å². The van der Waals surface area contributed by atoms with E-state index in [-0.39, 0.29) is 5.04 Å². The summed E-state index contributed by atoms with van der Waals surface area (Å²) in [6.07, 6.45) is 2.78. The van der Waals surface area contributed by atoms with Gasteiger partial charge in [-0.3, -0.25) is 0 Å². The molecule has 1 aliphatic rings. The summed E-state index contributed by atoms with van der Waals surface area (Å²) in [6.45, 7) is 14.2. The van der Waals surface area contributed by atoms with Crippen molar-refractivity contribution < 1.29 is 9.16 Å². The Kier molecular flexibility index (Phi) is 5.43. The molecule has 0 atom stereocenters. The lowest BCUT2D eigenvalue weighted by Gasteiger charge is -2.44. The lowest BCUT2D eigenvalue weighted by Crippen LogP contribution is -2.49. The van der Waals surface area contributed by atoms with Crippen molar-refractivity contribution in [2.45, 2.75) is 77.5 Å². The number of hydrogen-bond acceptors (Lipinski definition) is 2. The molecule has 1 fully saturated rings. The Bertz CT molecular complexity index is 516. The molecule has 2 nitrogen and oxygen atoms in total. The van der Waals surface area contributed by atoms with Crippen LogP contribution in [0.4, 0.5) is 0 Å². The van der Waals surface area contributed by atoms with Gasteiger partial charge in [0, 0.05) is 11.1 Å². The molecule has 0 aromatic heterocycles. The molecule has 0 spiro atoms. The van der Waals surface area contributed by atoms with E-state index in [1.165, 1.54) is 5.56 Å². The summed E-state index contributed by atoms with van der Waals surface area (Å²) in [5, 5.41) is 1.09. The number of benzene rings is 1. The Morgan fingerprint density at radius 2 is 1.82 bits per heavy atom. The number of hydrogen-bond donors (Lipinski definition) is 0. The molecule has 2 rings (SSSR count). The van der Waals surface area contributed by atoms with Gasteiger partial charge in [0.25, 0.3) is 0 Å². The largest absolute Gasteiger partial charge is 0.414 e. The minimum absolute atomic E-state index is 0.278. The van der Waals surface area contributed by atoms with E-state index in [2.05, 4.69) is 39.9 Å². The fourth-order valence-electron chi connectivity index (χ4n) is 2.35. The van der Waals surface area contributed by atoms with Gasteiger partial charge in [0.15, 0.2) is 8.32 Å². The number of ether oxygens (including phenoxy) is 1. The maximum atomic E-state index is 6.40. The molecule has 0 radical (unpaired) electrons. The van der Waals surface area contributed by atoms with E-state index in [0.717, 1.165) is 23.4 Å². The van der Waals surface area contributed by atoms with Crippen LogP contribution in [-0.4, -0.2) is 20.5 Å². The van der Waals surface area contributed by atoms with Crippen molar-refractivity contribution in [3.8, 4) is 0 Å². The molecule has 124 valence electrons. The van der Waals surface area contributed by atoms with Crippen LogP contribution in [0.5, 0.6) is 0 Å². The highest BCUT2D eigenvalue weighted by Gasteiger charge is 2.42. The third-order valence-corrected chi connectivity index (χ3v) is 9.99. The third kappa shape index (κ3) is 4.35. The van der Waals surface area contributed by atoms with Gasteiger partial charge < -0.3 is 9.16 Å². The number of aryl methyl sites for hydroxylation is 1. The molecule has 1 aliphatic carbocycles. The fraction of sp³-hybridized carbons (Fsp3) is 0.667. The lowest BCUT2D eigenvalue weighted by molar-refractivity contribution is -0.0726. The second-order valence-corrected chi connectivity index (χ2v) is 13.2. The molecular formula is C18H29ClO2Si. The van der Waals surface area contributed by atoms with E-state index in [9.17, 15) is 0 Å². The van der Waals surface area contributed by atoms with Crippen LogP contribution in [0.1, 0.15) is 44.7 Å². The second-order valence-electron chi connectivity index (χ2n) is 7.99. The van der Waals surface area contributed by atoms with E-state index in [1.807, 2.05) is 19.1 Å². The average Bonchev–Trinajstić information content (AvgIpc) is 2.34. The summed E-state index contributed by atoms with van der Waals surface area (Å²) in [7, 11) is -1.64. The van der Waals surface area contributed by atoms with Gasteiger partial charge in [-0.1, -0.05) is 44.5 Å². The first kappa shape index (κ1) is 18.0. The Morgan fingerprint density at radius 3 is 2.36 bits per heavy atom. The number of rotatable bonds is 5. The minimum Gasteiger partial charge on any atom is -0.414 e. The highest BCUT2D eigenvalue weighted by molar-refractivity contribution is 6.74. The highest BCUT2D eigenvalue weighted by Crippen LogP contribution is 2.40. The van der Waals surface area contributed by atoms with Gasteiger partial charge in [-0.15, -0.1) is 0 Å². The van der Waals surface area contributed by atoms with Crippen molar-refractivity contribution in [1.82, 2.24) is 0 Å². The third-order valence-electron chi connectivity index (χ3n) is 5.03. The van der Waals surface area contributed by atoms with E-state index in [1.54, 1.807) is 0 Å². The Morgan fingerprint density at radius 1 is 1.18 bits per heavy atom. The van der Waals surface area contributed by atoms with Gasteiger partial charge >= 0.3 is 0 Å². The van der Waals surface area contributed by atoms with Crippen LogP contribution in [0.15, 0.2) is 18.2 Å². The molecule has 0 aliphatic heterocycles. The minimum atomic E-state index is -1.64. The second kappa shape index (κ2) is 6.64. The van der Waals surface area contributed by atoms with Gasteiger partial charge in [-0.05, 0) is 55.1 Å². The molecule has 0 amide bonds. The molecule has 0 bridgehead atoms. The zero-order valence-corrected chi connectivity index (χ0v) is 16.5. The summed E-state index contributed by atoms with van der Waals surface area (Å²) in [5.41, 5.74) is 2.30. The summed E-state index contributed by atoms with van der Waals surface area (Å²) in [5.74, 6) is 0. The first-order chi connectivity index (χ1) is 10.1. The maximum Gasteiger partial charge on any atom is 0.192 e. The van der Waals surface area contributed by atoms with Gasteiger partial charge in [0.05, 0.1) is 12.7 Å². The number of halogens is 1. The van der Waals surface area contributed by atoms with Crippen molar-refractivity contribution >= 4 is 19.9 Å². The van der Waals surface area contributed by atoms with Crippen molar-refractivity contribution in [2.75, 3.05) is 0 Å². The predicted octanol–water partition coefficient (Wildman–Crippen LogP) is 5.72. The Hall–Kier alpha value is -0.353. The molecule has 1 saturated carbocycles. The van der Waals surface area contributed by atoms with E-state index in [4.69, 9.17) is 20.8 Å². The van der Waals surface area contributed by atoms with Crippen LogP contribution in [0, 0.1) is 6.92 Å². The molecule has 0 heterocycles. The first-order valence-corrected chi connectivity index (χ1v) is 11.4. The van der Waals surface area contributed by atoms with E-state index >= 15 is 0 Å². The van der Waals surface area contributed by atoms with Gasteiger partial charge in [-0.2, -0.15) is 0 Å². The van der Waals surface area contributed by atoms with E-state index < -0.39 is 8.32 Å². The summed E-state index contributed by atoms with van der Waals surface area (Å²) < 4.78 is 12.4. The van der Waals surface area contributed by atoms with Crippen LogP contribution in [-0.2, 0) is 15.8 Å². The Labute approximate surface area is 141 Å². The normalized spacial score (nSPS) is 22.5. The topological polar surface area (TPSA) is 18.5 Å². The van der Waals surface area contributed by atoms with Crippen molar-refractivity contribution in [3.63, 3.8) is 0 Å². The first-order valence-electron chi connectivity index (χ1n) is 8.13. The van der Waals surface area contributed by atoms with Gasteiger partial charge in [0.1, 0.15) is 0 Å². The fourth-order valence-corrected chi connectivity index (χ4v) is 3.85. The van der Waals surface area contributed by atoms with Crippen LogP contribution >= 0.6 is 11.6 Å². The quantitative estimate of drug-likeness (QED) is 0.638. The van der Waals surface area contributed by atoms with Crippen LogP contribution < -0.4 is 0 Å². The molecule has 1 aromatic carbocycles. The Balaban J connectivity index is 1.75. The van der Waals surface area contributed by atoms with Crippen LogP contribution in [0.3, 0.4) is 0 Å². The average molecular weight is 341 g/mol. The monoisotopic (exact) mass is 340 g/mol. The zero-order valence-electron chi connectivity index (χ0n) is 14.7. The zero-order chi connectivity index (χ0) is 16.5. The molecule has 0 N–H and O–H groups in total. The SMILES string of the molecule is Cc1cc(CO[C@H]2C[C@@H](O[Si](C)(C)C(C)(C)C)C2)ccc1Cl. The van der Waals surface area contributed by atoms with Crippen molar-refractivity contribution in [2.24, 2.45) is 0 Å². The van der Waals surface area contributed by atoms with E-state index in [0.29, 0.717) is 18.8 Å². The molecule has 0 saturated heterocycles. The lowest BCUT2D eigenvalue weighted by atomic mass is 9.92.